The largest absolute Gasteiger partial charge is 0.303 e. The first kappa shape index (κ1) is 10.9. The summed E-state index contributed by atoms with van der Waals surface area (Å²) in [5.74, 6) is 6.32. The Morgan fingerprint density at radius 3 is 3.08 bits per heavy atom. The van der Waals surface area contributed by atoms with E-state index in [1.807, 2.05) is 0 Å². The summed E-state index contributed by atoms with van der Waals surface area (Å²) in [5, 5.41) is 3.46. The van der Waals surface area contributed by atoms with Crippen LogP contribution in [0.1, 0.15) is 26.2 Å². The molecule has 0 spiro atoms. The maximum Gasteiger partial charge on any atom is 0.0686 e. The Labute approximate surface area is 86.1 Å². The van der Waals surface area contributed by atoms with Crippen molar-refractivity contribution in [2.45, 2.75) is 32.2 Å². The molecule has 1 N–H and O–H groups in total. The molecule has 2 unspecified atom stereocenters. The predicted molar refractivity (Wildman–Crippen MR) is 61.0 cm³/mol. The lowest BCUT2D eigenvalue weighted by Gasteiger charge is -2.14. The van der Waals surface area contributed by atoms with Gasteiger partial charge in [0.2, 0.25) is 0 Å². The maximum atomic E-state index is 5.43. The number of hydrogen-bond acceptors (Lipinski definition) is 2. The monoisotopic (exact) mass is 197 g/mol. The molecule has 0 aromatic carbocycles. The van der Waals surface area contributed by atoms with Gasteiger partial charge in [-0.2, -0.15) is 11.8 Å². The molecule has 0 saturated carbocycles. The van der Waals surface area contributed by atoms with Gasteiger partial charge >= 0.3 is 0 Å². The van der Waals surface area contributed by atoms with Crippen LogP contribution in [0.2, 0.25) is 0 Å². The van der Waals surface area contributed by atoms with E-state index in [1.54, 1.807) is 0 Å². The van der Waals surface area contributed by atoms with Gasteiger partial charge in [0.1, 0.15) is 0 Å². The van der Waals surface area contributed by atoms with Crippen LogP contribution in [0.3, 0.4) is 0 Å². The summed E-state index contributed by atoms with van der Waals surface area (Å²) in [6.45, 7) is 3.29. The Hall–Kier alpha value is -0.130. The van der Waals surface area contributed by atoms with Crippen LogP contribution in [0.25, 0.3) is 0 Å². The summed E-state index contributed by atoms with van der Waals surface area (Å²) in [6.07, 6.45) is 9.06. The molecule has 1 saturated heterocycles. The van der Waals surface area contributed by atoms with Gasteiger partial charge in [-0.3, -0.25) is 0 Å². The molecule has 1 nitrogen and oxygen atoms in total. The molecule has 1 aliphatic heterocycles. The van der Waals surface area contributed by atoms with Gasteiger partial charge in [-0.1, -0.05) is 19.3 Å². The zero-order valence-corrected chi connectivity index (χ0v) is 9.20. The lowest BCUT2D eigenvalue weighted by atomic mass is 10.1. The van der Waals surface area contributed by atoms with Crippen molar-refractivity contribution in [1.29, 1.82) is 0 Å². The normalized spacial score (nSPS) is 24.2. The summed E-state index contributed by atoms with van der Waals surface area (Å²) in [6, 6.07) is 0.301. The van der Waals surface area contributed by atoms with E-state index in [0.29, 0.717) is 6.04 Å². The van der Waals surface area contributed by atoms with Crippen LogP contribution < -0.4 is 5.32 Å². The highest BCUT2D eigenvalue weighted by Crippen LogP contribution is 2.22. The third-order valence-corrected chi connectivity index (χ3v) is 3.69. The number of rotatable bonds is 5. The topological polar surface area (TPSA) is 12.0 Å². The summed E-state index contributed by atoms with van der Waals surface area (Å²) in [5.41, 5.74) is 0. The van der Waals surface area contributed by atoms with Crippen molar-refractivity contribution >= 4 is 11.8 Å². The van der Waals surface area contributed by atoms with Gasteiger partial charge in [0.25, 0.3) is 0 Å². The Morgan fingerprint density at radius 1 is 1.69 bits per heavy atom. The van der Waals surface area contributed by atoms with Crippen LogP contribution >= 0.6 is 11.8 Å². The second-order valence-electron chi connectivity index (χ2n) is 3.65. The molecular weight excluding hydrogens is 178 g/mol. The van der Waals surface area contributed by atoms with E-state index in [0.717, 1.165) is 18.9 Å². The molecule has 1 heterocycles. The molecule has 0 bridgehead atoms. The second-order valence-corrected chi connectivity index (χ2v) is 4.80. The average Bonchev–Trinajstić information content (AvgIpc) is 2.64. The Bertz CT molecular complexity index is 167. The number of nitrogens with one attached hydrogen (secondary N) is 1. The fraction of sp³-hybridized carbons (Fsp3) is 0.818. The molecule has 1 aliphatic rings. The standard InChI is InChI=1S/C11H19NS/c1-3-5-11(4-2)12-8-10-6-7-13-9-10/h2,10-12H,3,5-9H2,1H3. The second kappa shape index (κ2) is 6.34. The smallest absolute Gasteiger partial charge is 0.0686 e. The zero-order chi connectivity index (χ0) is 9.52. The van der Waals surface area contributed by atoms with Crippen LogP contribution in [0.15, 0.2) is 0 Å². The van der Waals surface area contributed by atoms with Crippen molar-refractivity contribution in [2.24, 2.45) is 5.92 Å². The molecule has 1 fully saturated rings. The van der Waals surface area contributed by atoms with Crippen molar-refractivity contribution in [3.8, 4) is 12.3 Å². The van der Waals surface area contributed by atoms with Crippen molar-refractivity contribution < 1.29 is 0 Å². The van der Waals surface area contributed by atoms with E-state index < -0.39 is 0 Å². The minimum absolute atomic E-state index is 0.301. The third-order valence-electron chi connectivity index (χ3n) is 2.46. The van der Waals surface area contributed by atoms with Crippen molar-refractivity contribution in [3.05, 3.63) is 0 Å². The van der Waals surface area contributed by atoms with Gasteiger partial charge in [-0.15, -0.1) is 6.42 Å². The Morgan fingerprint density at radius 2 is 2.54 bits per heavy atom. The maximum absolute atomic E-state index is 5.43. The quantitative estimate of drug-likeness (QED) is 0.678. The number of hydrogen-bond donors (Lipinski definition) is 1. The van der Waals surface area contributed by atoms with Gasteiger partial charge < -0.3 is 5.32 Å². The van der Waals surface area contributed by atoms with Gasteiger partial charge in [0, 0.05) is 0 Å². The molecule has 0 aliphatic carbocycles. The van der Waals surface area contributed by atoms with Gasteiger partial charge in [-0.25, -0.2) is 0 Å². The fourth-order valence-corrected chi connectivity index (χ4v) is 2.87. The van der Waals surface area contributed by atoms with Crippen molar-refractivity contribution in [3.63, 3.8) is 0 Å². The first-order chi connectivity index (χ1) is 6.36. The van der Waals surface area contributed by atoms with Crippen molar-refractivity contribution in [1.82, 2.24) is 5.32 Å². The molecular formula is C11H19NS. The van der Waals surface area contributed by atoms with E-state index in [2.05, 4.69) is 29.9 Å². The molecule has 2 heteroatoms. The number of terminal acetylenes is 1. The van der Waals surface area contributed by atoms with Crippen LogP contribution in [-0.4, -0.2) is 24.1 Å². The fourth-order valence-electron chi connectivity index (χ4n) is 1.59. The van der Waals surface area contributed by atoms with Crippen molar-refractivity contribution in [2.75, 3.05) is 18.1 Å². The number of thioether (sulfide) groups is 1. The average molecular weight is 197 g/mol. The molecule has 74 valence electrons. The van der Waals surface area contributed by atoms with E-state index in [-0.39, 0.29) is 0 Å². The Kier molecular flexibility index (Phi) is 5.34. The molecule has 1 rings (SSSR count). The minimum atomic E-state index is 0.301. The lowest BCUT2D eigenvalue weighted by Crippen LogP contribution is -2.32. The third kappa shape index (κ3) is 4.06. The molecule has 0 aromatic heterocycles. The SMILES string of the molecule is C#CC(CCC)NCC1CCSC1. The van der Waals surface area contributed by atoms with E-state index in [1.165, 1.54) is 24.3 Å². The minimum Gasteiger partial charge on any atom is -0.303 e. The van der Waals surface area contributed by atoms with Crippen LogP contribution in [-0.2, 0) is 0 Å². The summed E-state index contributed by atoms with van der Waals surface area (Å²) >= 11 is 2.06. The van der Waals surface area contributed by atoms with Gasteiger partial charge in [0.05, 0.1) is 6.04 Å². The Balaban J connectivity index is 2.12. The first-order valence-corrected chi connectivity index (χ1v) is 6.29. The van der Waals surface area contributed by atoms with E-state index in [9.17, 15) is 0 Å². The summed E-state index contributed by atoms with van der Waals surface area (Å²) in [7, 11) is 0. The van der Waals surface area contributed by atoms with E-state index >= 15 is 0 Å². The molecule has 0 aromatic rings. The van der Waals surface area contributed by atoms with Gasteiger partial charge in [0.15, 0.2) is 0 Å². The highest BCUT2D eigenvalue weighted by molar-refractivity contribution is 7.99. The predicted octanol–water partition coefficient (Wildman–Crippen LogP) is 2.13. The summed E-state index contributed by atoms with van der Waals surface area (Å²) in [4.78, 5) is 0. The highest BCUT2D eigenvalue weighted by atomic mass is 32.2. The van der Waals surface area contributed by atoms with Crippen LogP contribution in [0.5, 0.6) is 0 Å². The van der Waals surface area contributed by atoms with Gasteiger partial charge in [-0.05, 0) is 36.8 Å². The first-order valence-electron chi connectivity index (χ1n) is 5.14. The zero-order valence-electron chi connectivity index (χ0n) is 8.38. The summed E-state index contributed by atoms with van der Waals surface area (Å²) < 4.78 is 0. The van der Waals surface area contributed by atoms with E-state index in [4.69, 9.17) is 6.42 Å². The molecule has 13 heavy (non-hydrogen) atoms. The lowest BCUT2D eigenvalue weighted by molar-refractivity contribution is 0.479. The van der Waals surface area contributed by atoms with Crippen LogP contribution in [0, 0.1) is 18.3 Å². The highest BCUT2D eigenvalue weighted by Gasteiger charge is 2.15. The van der Waals surface area contributed by atoms with Crippen LogP contribution in [0.4, 0.5) is 0 Å². The molecule has 0 amide bonds. The molecule has 0 radical (unpaired) electrons. The molecule has 2 atom stereocenters.